The van der Waals surface area contributed by atoms with Crippen molar-refractivity contribution >= 4 is 15.6 Å². The summed E-state index contributed by atoms with van der Waals surface area (Å²) in [6, 6.07) is 8.48. The third kappa shape index (κ3) is 2.13. The van der Waals surface area contributed by atoms with Crippen LogP contribution >= 0.6 is 0 Å². The maximum absolute atomic E-state index is 12.8. The first-order valence-electron chi connectivity index (χ1n) is 5.94. The fourth-order valence-electron chi connectivity index (χ4n) is 2.25. The number of carbonyl (C=O) groups is 1. The van der Waals surface area contributed by atoms with Crippen LogP contribution in [0.5, 0.6) is 0 Å². The van der Waals surface area contributed by atoms with Crippen LogP contribution in [0.3, 0.4) is 0 Å². The zero-order valence-corrected chi connectivity index (χ0v) is 12.3. The lowest BCUT2D eigenvalue weighted by molar-refractivity contribution is -0.113. The van der Waals surface area contributed by atoms with Crippen molar-refractivity contribution in [1.29, 1.82) is 0 Å². The number of Topliss-reactive ketones (excluding diaryl/α,β-unsaturated/α-hetero) is 1. The smallest absolute Gasteiger partial charge is 0.208 e. The second-order valence-corrected chi connectivity index (χ2v) is 6.50. The van der Waals surface area contributed by atoms with Crippen LogP contribution in [0, 0.1) is 0 Å². The predicted octanol–water partition coefficient (Wildman–Crippen LogP) is 0.548. The molecule has 0 saturated carbocycles. The molecule has 1 aliphatic heterocycles. The zero-order valence-electron chi connectivity index (χ0n) is 11.5. The Morgan fingerprint density at radius 2 is 1.90 bits per heavy atom. The van der Waals surface area contributed by atoms with Crippen LogP contribution < -0.4 is 5.32 Å². The van der Waals surface area contributed by atoms with Crippen LogP contribution in [-0.2, 0) is 14.7 Å². The molecular formula is C13H16N2O4S. The molecular weight excluding hydrogens is 280 g/mol. The Morgan fingerprint density at radius 1 is 1.30 bits per heavy atom. The fourth-order valence-corrected chi connectivity index (χ4v) is 3.33. The third-order valence-corrected chi connectivity index (χ3v) is 4.46. The van der Waals surface area contributed by atoms with E-state index in [1.807, 2.05) is 0 Å². The average molecular weight is 296 g/mol. The lowest BCUT2D eigenvalue weighted by Gasteiger charge is -2.33. The maximum Gasteiger partial charge on any atom is 0.208 e. The second kappa shape index (κ2) is 5.01. The van der Waals surface area contributed by atoms with Crippen molar-refractivity contribution in [2.75, 3.05) is 20.4 Å². The Hall–Kier alpha value is -1.70. The van der Waals surface area contributed by atoms with Gasteiger partial charge in [-0.05, 0) is 7.05 Å². The van der Waals surface area contributed by atoms with Gasteiger partial charge in [-0.1, -0.05) is 30.3 Å². The molecule has 1 aromatic rings. The van der Waals surface area contributed by atoms with Crippen molar-refractivity contribution in [2.24, 2.45) is 0 Å². The lowest BCUT2D eigenvalue weighted by Crippen LogP contribution is -2.61. The van der Waals surface area contributed by atoms with Gasteiger partial charge in [0, 0.05) is 18.9 Å². The summed E-state index contributed by atoms with van der Waals surface area (Å²) < 4.78 is 23.8. The maximum atomic E-state index is 12.8. The summed E-state index contributed by atoms with van der Waals surface area (Å²) in [5.74, 6) is -0.391. The molecule has 0 fully saturated rings. The molecule has 0 aliphatic carbocycles. The van der Waals surface area contributed by atoms with Crippen molar-refractivity contribution < 1.29 is 18.0 Å². The monoisotopic (exact) mass is 296 g/mol. The molecule has 2 rings (SSSR count). The highest BCUT2D eigenvalue weighted by molar-refractivity contribution is 7.94. The van der Waals surface area contributed by atoms with Gasteiger partial charge in [-0.25, -0.2) is 8.42 Å². The van der Waals surface area contributed by atoms with Crippen molar-refractivity contribution in [1.82, 2.24) is 10.4 Å². The number of hydrogen-bond donors (Lipinski definition) is 1. The molecule has 1 atom stereocenters. The molecule has 1 N–H and O–H groups in total. The van der Waals surface area contributed by atoms with E-state index in [0.29, 0.717) is 5.56 Å². The molecule has 108 valence electrons. The molecule has 0 saturated heterocycles. The van der Waals surface area contributed by atoms with Crippen molar-refractivity contribution in [3.05, 3.63) is 47.1 Å². The van der Waals surface area contributed by atoms with Gasteiger partial charge < -0.3 is 4.84 Å². The molecule has 0 radical (unpaired) electrons. The van der Waals surface area contributed by atoms with E-state index in [9.17, 15) is 13.2 Å². The van der Waals surface area contributed by atoms with E-state index < -0.39 is 21.3 Å². The largest absolute Gasteiger partial charge is 0.410 e. The van der Waals surface area contributed by atoms with Gasteiger partial charge >= 0.3 is 0 Å². The van der Waals surface area contributed by atoms with E-state index in [0.717, 1.165) is 12.5 Å². The number of rotatable bonds is 4. The van der Waals surface area contributed by atoms with Crippen LogP contribution in [0.4, 0.5) is 0 Å². The Labute approximate surface area is 117 Å². The van der Waals surface area contributed by atoms with Gasteiger partial charge in [-0.3, -0.25) is 10.1 Å². The molecule has 6 nitrogen and oxygen atoms in total. The Kier molecular flexibility index (Phi) is 3.68. The summed E-state index contributed by atoms with van der Waals surface area (Å²) in [4.78, 5) is 17.8. The minimum absolute atomic E-state index is 0.108. The van der Waals surface area contributed by atoms with E-state index in [-0.39, 0.29) is 4.91 Å². The summed E-state index contributed by atoms with van der Waals surface area (Å²) in [6.45, 7) is 0. The first-order chi connectivity index (χ1) is 9.34. The number of likely N-dealkylation sites (N-methyl/N-ethyl adjacent to an activating group) is 2. The number of hydroxylamine groups is 2. The van der Waals surface area contributed by atoms with Crippen LogP contribution in [0.1, 0.15) is 10.4 Å². The van der Waals surface area contributed by atoms with Gasteiger partial charge in [0.2, 0.25) is 11.4 Å². The first kappa shape index (κ1) is 14.7. The van der Waals surface area contributed by atoms with Crippen molar-refractivity contribution in [3.8, 4) is 0 Å². The summed E-state index contributed by atoms with van der Waals surface area (Å²) in [5, 5.41) is 3.99. The fraction of sp³-hybridized carbons (Fsp3) is 0.308. The normalized spacial score (nSPS) is 23.2. The SMILES string of the molecule is CNC1(C(=O)c2ccccc2)C(S(C)(=O)=O)=CON1C. The van der Waals surface area contributed by atoms with Crippen molar-refractivity contribution in [2.45, 2.75) is 5.66 Å². The molecule has 0 amide bonds. The molecule has 1 heterocycles. The van der Waals surface area contributed by atoms with Gasteiger partial charge in [0.25, 0.3) is 0 Å². The van der Waals surface area contributed by atoms with Crippen LogP contribution in [0.15, 0.2) is 41.5 Å². The minimum Gasteiger partial charge on any atom is -0.410 e. The van der Waals surface area contributed by atoms with E-state index >= 15 is 0 Å². The molecule has 1 aliphatic rings. The van der Waals surface area contributed by atoms with E-state index in [4.69, 9.17) is 4.84 Å². The van der Waals surface area contributed by atoms with Gasteiger partial charge in [0.15, 0.2) is 9.84 Å². The minimum atomic E-state index is -3.60. The number of benzene rings is 1. The lowest BCUT2D eigenvalue weighted by atomic mass is 9.97. The van der Waals surface area contributed by atoms with E-state index in [1.54, 1.807) is 30.3 Å². The van der Waals surface area contributed by atoms with E-state index in [1.165, 1.54) is 19.2 Å². The number of hydrogen-bond acceptors (Lipinski definition) is 6. The summed E-state index contributed by atoms with van der Waals surface area (Å²) >= 11 is 0. The molecule has 0 spiro atoms. The number of nitrogens with zero attached hydrogens (tertiary/aromatic N) is 1. The topological polar surface area (TPSA) is 75.7 Å². The van der Waals surface area contributed by atoms with Gasteiger partial charge in [-0.15, -0.1) is 5.06 Å². The summed E-state index contributed by atoms with van der Waals surface area (Å²) in [5.41, 5.74) is -1.15. The highest BCUT2D eigenvalue weighted by Gasteiger charge is 2.53. The predicted molar refractivity (Wildman–Crippen MR) is 74.3 cm³/mol. The Morgan fingerprint density at radius 3 is 2.40 bits per heavy atom. The van der Waals surface area contributed by atoms with Gasteiger partial charge in [0.1, 0.15) is 11.2 Å². The highest BCUT2D eigenvalue weighted by atomic mass is 32.2. The average Bonchev–Trinajstić information content (AvgIpc) is 2.76. The summed E-state index contributed by atoms with van der Waals surface area (Å²) in [7, 11) is -0.572. The highest BCUT2D eigenvalue weighted by Crippen LogP contribution is 2.34. The number of sulfone groups is 1. The number of ketones is 1. The zero-order chi connectivity index (χ0) is 15.0. The molecule has 0 bridgehead atoms. The third-order valence-electron chi connectivity index (χ3n) is 3.27. The second-order valence-electron chi connectivity index (χ2n) is 4.51. The Bertz CT molecular complexity index is 654. The van der Waals surface area contributed by atoms with E-state index in [2.05, 4.69) is 5.32 Å². The molecule has 1 unspecified atom stereocenters. The molecule has 7 heteroatoms. The van der Waals surface area contributed by atoms with Gasteiger partial charge in [-0.2, -0.15) is 0 Å². The first-order valence-corrected chi connectivity index (χ1v) is 7.83. The Balaban J connectivity index is 2.59. The van der Waals surface area contributed by atoms with Crippen LogP contribution in [-0.4, -0.2) is 45.3 Å². The van der Waals surface area contributed by atoms with Crippen molar-refractivity contribution in [3.63, 3.8) is 0 Å². The molecule has 20 heavy (non-hydrogen) atoms. The summed E-state index contributed by atoms with van der Waals surface area (Å²) in [6.07, 6.45) is 2.14. The number of carbonyl (C=O) groups excluding carboxylic acids is 1. The quantitative estimate of drug-likeness (QED) is 0.818. The van der Waals surface area contributed by atoms with Crippen LogP contribution in [0.2, 0.25) is 0 Å². The number of nitrogens with one attached hydrogen (secondary N) is 1. The standard InChI is InChI=1S/C13H16N2O4S/c1-14-13(12(16)10-7-5-4-6-8-10)11(20(3,17)18)9-19-15(13)2/h4-9,14H,1-3H3. The molecule has 1 aromatic carbocycles. The molecule has 0 aromatic heterocycles. The van der Waals surface area contributed by atoms with Gasteiger partial charge in [0.05, 0.1) is 0 Å². The van der Waals surface area contributed by atoms with Crippen LogP contribution in [0.25, 0.3) is 0 Å².